The van der Waals surface area contributed by atoms with Crippen LogP contribution in [-0.4, -0.2) is 38.2 Å². The van der Waals surface area contributed by atoms with Crippen molar-refractivity contribution in [2.24, 2.45) is 10.2 Å². The van der Waals surface area contributed by atoms with E-state index in [2.05, 4.69) is 38.3 Å². The molecular formula is C21H18N4O3S. The molecule has 29 heavy (non-hydrogen) atoms. The average Bonchev–Trinajstić information content (AvgIpc) is 3.23. The average molecular weight is 406 g/mol. The lowest BCUT2D eigenvalue weighted by atomic mass is 10.2. The van der Waals surface area contributed by atoms with E-state index < -0.39 is 11.2 Å². The molecule has 1 fully saturated rings. The number of amidine groups is 1. The van der Waals surface area contributed by atoms with Crippen molar-refractivity contribution in [3.05, 3.63) is 71.9 Å². The SMILES string of the molecule is O=C(O)C[C@H]1S/C(=N\N=C/c2cn(Cc3ccccc3)c3ccccc23)NC1=O. The summed E-state index contributed by atoms with van der Waals surface area (Å²) in [5.41, 5.74) is 3.21. The number of carboxylic acids is 1. The first kappa shape index (κ1) is 18.9. The summed E-state index contributed by atoms with van der Waals surface area (Å²) in [4.78, 5) is 22.6. The maximum absolute atomic E-state index is 11.8. The number of amides is 1. The van der Waals surface area contributed by atoms with Crippen LogP contribution >= 0.6 is 11.8 Å². The summed E-state index contributed by atoms with van der Waals surface area (Å²) in [7, 11) is 0. The van der Waals surface area contributed by atoms with Gasteiger partial charge in [0.05, 0.1) is 12.6 Å². The van der Waals surface area contributed by atoms with Gasteiger partial charge >= 0.3 is 5.97 Å². The van der Waals surface area contributed by atoms with Gasteiger partial charge in [-0.05, 0) is 11.6 Å². The second-order valence-corrected chi connectivity index (χ2v) is 7.75. The number of thioether (sulfide) groups is 1. The number of fused-ring (bicyclic) bond motifs is 1. The number of hydrogen-bond donors (Lipinski definition) is 2. The van der Waals surface area contributed by atoms with Crippen molar-refractivity contribution in [2.45, 2.75) is 18.2 Å². The lowest BCUT2D eigenvalue weighted by Crippen LogP contribution is -2.26. The Morgan fingerprint density at radius 1 is 1.17 bits per heavy atom. The molecule has 1 amide bonds. The van der Waals surface area contributed by atoms with Crippen LogP contribution in [0, 0.1) is 0 Å². The summed E-state index contributed by atoms with van der Waals surface area (Å²) in [5.74, 6) is -1.38. The second-order valence-electron chi connectivity index (χ2n) is 6.56. The van der Waals surface area contributed by atoms with Crippen molar-refractivity contribution >= 4 is 45.9 Å². The molecule has 8 heteroatoms. The minimum atomic E-state index is -1.02. The minimum Gasteiger partial charge on any atom is -0.481 e. The predicted octanol–water partition coefficient (Wildman–Crippen LogP) is 3.09. The fourth-order valence-electron chi connectivity index (χ4n) is 3.18. The Morgan fingerprint density at radius 2 is 1.93 bits per heavy atom. The number of nitrogens with zero attached hydrogens (tertiary/aromatic N) is 3. The zero-order chi connectivity index (χ0) is 20.2. The Labute approximate surface area is 171 Å². The molecule has 4 rings (SSSR count). The lowest BCUT2D eigenvalue weighted by molar-refractivity contribution is -0.138. The third kappa shape index (κ3) is 4.38. The largest absolute Gasteiger partial charge is 0.481 e. The van der Waals surface area contributed by atoms with E-state index in [1.165, 1.54) is 5.56 Å². The van der Waals surface area contributed by atoms with Gasteiger partial charge in [0.1, 0.15) is 5.25 Å². The van der Waals surface area contributed by atoms with Gasteiger partial charge in [-0.25, -0.2) is 0 Å². The quantitative estimate of drug-likeness (QED) is 0.486. The molecule has 1 atom stereocenters. The van der Waals surface area contributed by atoms with Gasteiger partial charge in [-0.15, -0.1) is 5.10 Å². The van der Waals surface area contributed by atoms with Crippen LogP contribution in [0.4, 0.5) is 0 Å². The van der Waals surface area contributed by atoms with Crippen molar-refractivity contribution < 1.29 is 14.7 Å². The highest BCUT2D eigenvalue weighted by Crippen LogP contribution is 2.23. The lowest BCUT2D eigenvalue weighted by Gasteiger charge is -2.05. The number of aliphatic carboxylic acids is 1. The molecular weight excluding hydrogens is 388 g/mol. The Morgan fingerprint density at radius 3 is 2.72 bits per heavy atom. The number of hydrogen-bond acceptors (Lipinski definition) is 5. The van der Waals surface area contributed by atoms with Crippen LogP contribution in [-0.2, 0) is 16.1 Å². The van der Waals surface area contributed by atoms with Gasteiger partial charge in [-0.1, -0.05) is 60.3 Å². The molecule has 2 N–H and O–H groups in total. The molecule has 3 aromatic rings. The normalized spacial score (nSPS) is 18.0. The van der Waals surface area contributed by atoms with Crippen LogP contribution in [0.2, 0.25) is 0 Å². The predicted molar refractivity (Wildman–Crippen MR) is 114 cm³/mol. The van der Waals surface area contributed by atoms with Gasteiger partial charge < -0.3 is 15.0 Å². The van der Waals surface area contributed by atoms with Crippen LogP contribution in [0.5, 0.6) is 0 Å². The molecule has 146 valence electrons. The number of rotatable bonds is 6. The van der Waals surface area contributed by atoms with Gasteiger partial charge in [-0.2, -0.15) is 5.10 Å². The van der Waals surface area contributed by atoms with Crippen molar-refractivity contribution in [3.8, 4) is 0 Å². The van der Waals surface area contributed by atoms with E-state index in [0.29, 0.717) is 5.17 Å². The van der Waals surface area contributed by atoms with Crippen molar-refractivity contribution in [3.63, 3.8) is 0 Å². The third-order valence-corrected chi connectivity index (χ3v) is 5.57. The van der Waals surface area contributed by atoms with Gasteiger partial charge in [0.15, 0.2) is 5.17 Å². The molecule has 1 aliphatic rings. The van der Waals surface area contributed by atoms with E-state index in [1.54, 1.807) is 6.21 Å². The summed E-state index contributed by atoms with van der Waals surface area (Å²) in [6.45, 7) is 0.743. The monoisotopic (exact) mass is 406 g/mol. The van der Waals surface area contributed by atoms with E-state index >= 15 is 0 Å². The molecule has 0 radical (unpaired) electrons. The summed E-state index contributed by atoms with van der Waals surface area (Å²) in [6.07, 6.45) is 3.43. The Bertz CT molecular complexity index is 1120. The van der Waals surface area contributed by atoms with Crippen LogP contribution < -0.4 is 5.32 Å². The van der Waals surface area contributed by atoms with Crippen molar-refractivity contribution in [1.82, 2.24) is 9.88 Å². The zero-order valence-electron chi connectivity index (χ0n) is 15.4. The first-order valence-corrected chi connectivity index (χ1v) is 9.90. The molecule has 7 nitrogen and oxygen atoms in total. The van der Waals surface area contributed by atoms with Crippen LogP contribution in [0.3, 0.4) is 0 Å². The number of nitrogens with one attached hydrogen (secondary N) is 1. The van der Waals surface area contributed by atoms with E-state index in [4.69, 9.17) is 5.11 Å². The highest BCUT2D eigenvalue weighted by atomic mass is 32.2. The first-order chi connectivity index (χ1) is 14.1. The number of benzene rings is 2. The van der Waals surface area contributed by atoms with Crippen LogP contribution in [0.1, 0.15) is 17.5 Å². The molecule has 2 aromatic carbocycles. The number of aromatic nitrogens is 1. The molecule has 2 heterocycles. The number of carbonyl (C=O) groups excluding carboxylic acids is 1. The second kappa shape index (κ2) is 8.32. The summed E-state index contributed by atoms with van der Waals surface area (Å²) in [6, 6.07) is 18.3. The molecule has 1 aliphatic heterocycles. The standard InChI is InChI=1S/C21H18N4O3S/c26-19(27)10-18-20(28)23-21(29-18)24-22-11-15-13-25(12-14-6-2-1-3-7-14)17-9-5-4-8-16(15)17/h1-9,11,13,18H,10,12H2,(H,26,27)(H,23,24,28)/b22-11-/t18-/m1/s1. The van der Waals surface area contributed by atoms with E-state index in [1.807, 2.05) is 42.6 Å². The molecule has 1 aromatic heterocycles. The number of carboxylic acid groups (broad SMARTS) is 1. The van der Waals surface area contributed by atoms with Crippen LogP contribution in [0.25, 0.3) is 10.9 Å². The van der Waals surface area contributed by atoms with E-state index in [-0.39, 0.29) is 12.3 Å². The fourth-order valence-corrected chi connectivity index (χ4v) is 4.09. The maximum atomic E-state index is 11.8. The smallest absolute Gasteiger partial charge is 0.305 e. The highest BCUT2D eigenvalue weighted by Gasteiger charge is 2.32. The summed E-state index contributed by atoms with van der Waals surface area (Å²) >= 11 is 1.08. The first-order valence-electron chi connectivity index (χ1n) is 9.02. The number of para-hydroxylation sites is 1. The Hall–Kier alpha value is -3.39. The minimum absolute atomic E-state index is 0.244. The molecule has 0 aliphatic carbocycles. The fraction of sp³-hybridized carbons (Fsp3) is 0.143. The van der Waals surface area contributed by atoms with E-state index in [9.17, 15) is 9.59 Å². The highest BCUT2D eigenvalue weighted by molar-refractivity contribution is 8.15. The van der Waals surface area contributed by atoms with Crippen molar-refractivity contribution in [2.75, 3.05) is 0 Å². The molecule has 0 saturated carbocycles. The number of carbonyl (C=O) groups is 2. The van der Waals surface area contributed by atoms with Gasteiger partial charge in [0.25, 0.3) is 0 Å². The van der Waals surface area contributed by atoms with Gasteiger partial charge in [0, 0.05) is 29.2 Å². The molecule has 1 saturated heterocycles. The Kier molecular flexibility index (Phi) is 5.44. The van der Waals surface area contributed by atoms with Gasteiger partial charge in [0.2, 0.25) is 5.91 Å². The topological polar surface area (TPSA) is 96.0 Å². The summed E-state index contributed by atoms with van der Waals surface area (Å²) < 4.78 is 2.16. The zero-order valence-corrected chi connectivity index (χ0v) is 16.2. The Balaban J connectivity index is 1.55. The van der Waals surface area contributed by atoms with Gasteiger partial charge in [-0.3, -0.25) is 9.59 Å². The van der Waals surface area contributed by atoms with E-state index in [0.717, 1.165) is 34.8 Å². The molecule has 0 unspecified atom stereocenters. The third-order valence-electron chi connectivity index (χ3n) is 4.50. The molecule has 0 bridgehead atoms. The van der Waals surface area contributed by atoms with Crippen molar-refractivity contribution in [1.29, 1.82) is 0 Å². The van der Waals surface area contributed by atoms with Crippen LogP contribution in [0.15, 0.2) is 71.0 Å². The maximum Gasteiger partial charge on any atom is 0.305 e. The summed E-state index contributed by atoms with van der Waals surface area (Å²) in [5, 5.41) is 20.3. The molecule has 0 spiro atoms.